The first-order chi connectivity index (χ1) is 19.6. The third-order valence-corrected chi connectivity index (χ3v) is 6.73. The Morgan fingerprint density at radius 3 is 2.15 bits per heavy atom. The van der Waals surface area contributed by atoms with Crippen LogP contribution in [-0.4, -0.2) is 31.0 Å². The molecule has 8 heteroatoms. The van der Waals surface area contributed by atoms with Crippen LogP contribution in [0.2, 0.25) is 0 Å². The van der Waals surface area contributed by atoms with Gasteiger partial charge < -0.3 is 15.0 Å². The minimum Gasteiger partial charge on any atom is -0.478 e. The van der Waals surface area contributed by atoms with Crippen LogP contribution in [0, 0.1) is 5.82 Å². The Kier molecular flexibility index (Phi) is 6.72. The SMILES string of the molecule is O=C(O)c1cnc(N(Cc2ccccc2)Cc2ccccc2)c2[nH]c(-c3ccc(-c4cnccn4)cc3F)cc12. The summed E-state index contributed by atoms with van der Waals surface area (Å²) in [5, 5.41) is 10.4. The zero-order chi connectivity index (χ0) is 27.5. The number of carbonyl (C=O) groups is 1. The predicted octanol–water partition coefficient (Wildman–Crippen LogP) is 6.73. The fourth-order valence-electron chi connectivity index (χ4n) is 4.81. The number of aromatic carboxylic acids is 1. The number of rotatable bonds is 8. The molecule has 3 aromatic heterocycles. The number of nitrogens with zero attached hydrogens (tertiary/aromatic N) is 4. The number of halogens is 1. The number of carboxylic acid groups (broad SMARTS) is 1. The lowest BCUT2D eigenvalue weighted by molar-refractivity contribution is 0.0698. The quantitative estimate of drug-likeness (QED) is 0.227. The summed E-state index contributed by atoms with van der Waals surface area (Å²) in [4.78, 5) is 30.4. The topological polar surface area (TPSA) is 95.0 Å². The first-order valence-electron chi connectivity index (χ1n) is 12.7. The number of hydrogen-bond donors (Lipinski definition) is 2. The number of aromatic amines is 1. The third-order valence-electron chi connectivity index (χ3n) is 6.73. The van der Waals surface area contributed by atoms with Gasteiger partial charge in [0.15, 0.2) is 5.82 Å². The van der Waals surface area contributed by atoms with Gasteiger partial charge in [-0.25, -0.2) is 14.2 Å². The predicted molar refractivity (Wildman–Crippen MR) is 152 cm³/mol. The molecule has 0 amide bonds. The van der Waals surface area contributed by atoms with Gasteiger partial charge >= 0.3 is 5.97 Å². The fourth-order valence-corrected chi connectivity index (χ4v) is 4.81. The standard InChI is InChI=1S/C32H24FN5O2/c33-27-15-23(29-18-34-13-14-35-29)11-12-24(27)28-16-25-26(32(39)40)17-36-31(30(25)37-28)38(19-21-7-3-1-4-8-21)20-22-9-5-2-6-10-22/h1-18,37H,19-20H2,(H,39,40). The van der Waals surface area contributed by atoms with E-state index in [4.69, 9.17) is 0 Å². The Morgan fingerprint density at radius 2 is 1.55 bits per heavy atom. The van der Waals surface area contributed by atoms with Crippen LogP contribution in [0.3, 0.4) is 0 Å². The van der Waals surface area contributed by atoms with Crippen LogP contribution in [0.4, 0.5) is 10.2 Å². The first kappa shape index (κ1) is 24.9. The van der Waals surface area contributed by atoms with Gasteiger partial charge in [-0.05, 0) is 29.3 Å². The van der Waals surface area contributed by atoms with E-state index in [0.717, 1.165) is 11.1 Å². The first-order valence-corrected chi connectivity index (χ1v) is 12.7. The molecule has 2 N–H and O–H groups in total. The van der Waals surface area contributed by atoms with E-state index in [1.807, 2.05) is 60.7 Å². The molecule has 0 aliphatic carbocycles. The van der Waals surface area contributed by atoms with Crippen LogP contribution in [0.25, 0.3) is 33.4 Å². The maximum atomic E-state index is 15.4. The van der Waals surface area contributed by atoms with E-state index in [2.05, 4.69) is 24.8 Å². The highest BCUT2D eigenvalue weighted by Crippen LogP contribution is 2.35. The van der Waals surface area contributed by atoms with Gasteiger partial charge in [-0.2, -0.15) is 0 Å². The van der Waals surface area contributed by atoms with E-state index in [-0.39, 0.29) is 5.56 Å². The molecule has 0 radical (unpaired) electrons. The van der Waals surface area contributed by atoms with Crippen molar-refractivity contribution < 1.29 is 14.3 Å². The van der Waals surface area contributed by atoms with Crippen molar-refractivity contribution in [3.8, 4) is 22.5 Å². The molecule has 0 spiro atoms. The van der Waals surface area contributed by atoms with Crippen LogP contribution in [0.5, 0.6) is 0 Å². The largest absolute Gasteiger partial charge is 0.478 e. The number of H-pyrrole nitrogens is 1. The molecule has 0 aliphatic heterocycles. The van der Waals surface area contributed by atoms with Crippen molar-refractivity contribution in [2.24, 2.45) is 0 Å². The minimum atomic E-state index is -1.11. The number of hydrogen-bond acceptors (Lipinski definition) is 5. The van der Waals surface area contributed by atoms with Crippen molar-refractivity contribution in [2.75, 3.05) is 4.90 Å². The van der Waals surface area contributed by atoms with Crippen molar-refractivity contribution in [1.82, 2.24) is 19.9 Å². The Labute approximate surface area is 229 Å². The summed E-state index contributed by atoms with van der Waals surface area (Å²) in [6, 6.07) is 26.5. The van der Waals surface area contributed by atoms with E-state index in [1.165, 1.54) is 12.3 Å². The summed E-state index contributed by atoms with van der Waals surface area (Å²) in [6.07, 6.45) is 6.05. The van der Waals surface area contributed by atoms with Crippen LogP contribution in [-0.2, 0) is 13.1 Å². The van der Waals surface area contributed by atoms with Gasteiger partial charge in [-0.15, -0.1) is 0 Å². The van der Waals surface area contributed by atoms with Gasteiger partial charge in [0.1, 0.15) is 5.82 Å². The number of anilines is 1. The second-order valence-electron chi connectivity index (χ2n) is 9.38. The highest BCUT2D eigenvalue weighted by molar-refractivity contribution is 6.07. The Bertz CT molecular complexity index is 1750. The number of benzene rings is 3. The number of pyridine rings is 1. The normalized spacial score (nSPS) is 11.0. The Balaban J connectivity index is 1.47. The molecule has 0 saturated heterocycles. The molecule has 196 valence electrons. The van der Waals surface area contributed by atoms with Gasteiger partial charge in [-0.3, -0.25) is 9.97 Å². The average molecular weight is 530 g/mol. The van der Waals surface area contributed by atoms with Gasteiger partial charge in [-0.1, -0.05) is 66.7 Å². The summed E-state index contributed by atoms with van der Waals surface area (Å²) >= 11 is 0. The number of fused-ring (bicyclic) bond motifs is 1. The summed E-state index contributed by atoms with van der Waals surface area (Å²) in [5.41, 5.74) is 4.63. The van der Waals surface area contributed by atoms with Crippen LogP contribution >= 0.6 is 0 Å². The number of aromatic nitrogens is 4. The molecule has 7 nitrogen and oxygen atoms in total. The monoisotopic (exact) mass is 529 g/mol. The van der Waals surface area contributed by atoms with Crippen LogP contribution in [0.1, 0.15) is 21.5 Å². The van der Waals surface area contributed by atoms with Gasteiger partial charge in [0.25, 0.3) is 0 Å². The Morgan fingerprint density at radius 1 is 0.850 bits per heavy atom. The highest BCUT2D eigenvalue weighted by atomic mass is 19.1. The molecule has 0 atom stereocenters. The summed E-state index contributed by atoms with van der Waals surface area (Å²) in [7, 11) is 0. The third kappa shape index (κ3) is 5.02. The summed E-state index contributed by atoms with van der Waals surface area (Å²) in [6.45, 7) is 1.08. The summed E-state index contributed by atoms with van der Waals surface area (Å²) in [5.74, 6) is -0.993. The van der Waals surface area contributed by atoms with E-state index in [0.29, 0.717) is 52.3 Å². The second kappa shape index (κ2) is 10.8. The molecule has 3 aromatic carbocycles. The zero-order valence-electron chi connectivity index (χ0n) is 21.3. The molecule has 40 heavy (non-hydrogen) atoms. The molecule has 0 unspecified atom stereocenters. The van der Waals surface area contributed by atoms with Crippen LogP contribution in [0.15, 0.2) is 110 Å². The van der Waals surface area contributed by atoms with Crippen molar-refractivity contribution in [3.05, 3.63) is 132 Å². The molecular formula is C32H24FN5O2. The molecule has 6 aromatic rings. The summed E-state index contributed by atoms with van der Waals surface area (Å²) < 4.78 is 15.4. The molecular weight excluding hydrogens is 505 g/mol. The molecule has 3 heterocycles. The molecule has 0 saturated carbocycles. The molecule has 0 fully saturated rings. The van der Waals surface area contributed by atoms with E-state index in [1.54, 1.807) is 36.8 Å². The Hall–Kier alpha value is -5.37. The lowest BCUT2D eigenvalue weighted by atomic mass is 10.1. The van der Waals surface area contributed by atoms with Crippen molar-refractivity contribution in [2.45, 2.75) is 13.1 Å². The average Bonchev–Trinajstić information content (AvgIpc) is 3.43. The molecule has 0 bridgehead atoms. The number of carboxylic acids is 1. The second-order valence-corrected chi connectivity index (χ2v) is 9.38. The smallest absolute Gasteiger partial charge is 0.337 e. The minimum absolute atomic E-state index is 0.0391. The van der Waals surface area contributed by atoms with Crippen molar-refractivity contribution in [1.29, 1.82) is 0 Å². The van der Waals surface area contributed by atoms with E-state index in [9.17, 15) is 9.90 Å². The maximum Gasteiger partial charge on any atom is 0.337 e. The van der Waals surface area contributed by atoms with Gasteiger partial charge in [0.05, 0.1) is 23.0 Å². The zero-order valence-corrected chi connectivity index (χ0v) is 21.3. The van der Waals surface area contributed by atoms with E-state index >= 15 is 4.39 Å². The lowest BCUT2D eigenvalue weighted by Gasteiger charge is -2.25. The van der Waals surface area contributed by atoms with Crippen LogP contribution < -0.4 is 4.90 Å². The maximum absolute atomic E-state index is 15.4. The highest BCUT2D eigenvalue weighted by Gasteiger charge is 2.21. The molecule has 6 rings (SSSR count). The van der Waals surface area contributed by atoms with Gasteiger partial charge in [0.2, 0.25) is 0 Å². The molecule has 0 aliphatic rings. The fraction of sp³-hybridized carbons (Fsp3) is 0.0625. The van der Waals surface area contributed by atoms with Gasteiger partial charge in [0, 0.05) is 53.9 Å². The number of nitrogens with one attached hydrogen (secondary N) is 1. The lowest BCUT2D eigenvalue weighted by Crippen LogP contribution is -2.23. The van der Waals surface area contributed by atoms with Crippen molar-refractivity contribution in [3.63, 3.8) is 0 Å². The van der Waals surface area contributed by atoms with E-state index < -0.39 is 11.8 Å². The van der Waals surface area contributed by atoms with Crippen molar-refractivity contribution >= 4 is 22.7 Å².